The second-order valence-corrected chi connectivity index (χ2v) is 8.51. The van der Waals surface area contributed by atoms with E-state index in [0.29, 0.717) is 0 Å². The highest BCUT2D eigenvalue weighted by Gasteiger charge is 2.43. The van der Waals surface area contributed by atoms with E-state index < -0.39 is 21.1 Å². The topological polar surface area (TPSA) is 57.6 Å². The Morgan fingerprint density at radius 1 is 1.05 bits per heavy atom. The molecule has 1 aromatic carbocycles. The Morgan fingerprint density at radius 2 is 1.50 bits per heavy atom. The van der Waals surface area contributed by atoms with Gasteiger partial charge in [0.25, 0.3) is 0 Å². The van der Waals surface area contributed by atoms with Crippen molar-refractivity contribution in [2.45, 2.75) is 57.5 Å². The molecule has 0 bridgehead atoms. The van der Waals surface area contributed by atoms with Crippen LogP contribution in [0.5, 0.6) is 0 Å². The van der Waals surface area contributed by atoms with Gasteiger partial charge in [-0.1, -0.05) is 17.7 Å². The Hall–Kier alpha value is -0.910. The minimum Gasteiger partial charge on any atom is -0.394 e. The minimum atomic E-state index is -3.67. The highest BCUT2D eigenvalue weighted by atomic mass is 32.2. The summed E-state index contributed by atoms with van der Waals surface area (Å²) in [4.78, 5) is 0.250. The minimum absolute atomic E-state index is 0.241. The van der Waals surface area contributed by atoms with Gasteiger partial charge in [-0.3, -0.25) is 0 Å². The van der Waals surface area contributed by atoms with Gasteiger partial charge in [0, 0.05) is 5.54 Å². The maximum Gasteiger partial charge on any atom is 0.244 e. The highest BCUT2D eigenvalue weighted by molar-refractivity contribution is 7.89. The molecule has 20 heavy (non-hydrogen) atoms. The van der Waals surface area contributed by atoms with Crippen molar-refractivity contribution >= 4 is 10.0 Å². The van der Waals surface area contributed by atoms with E-state index in [-0.39, 0.29) is 11.5 Å². The van der Waals surface area contributed by atoms with Gasteiger partial charge in [-0.05, 0) is 53.7 Å². The summed E-state index contributed by atoms with van der Waals surface area (Å²) in [6.07, 6.45) is 0. The molecule has 0 aliphatic carbocycles. The third-order valence-electron chi connectivity index (χ3n) is 3.11. The molecule has 0 atom stereocenters. The van der Waals surface area contributed by atoms with Gasteiger partial charge in [-0.15, -0.1) is 0 Å². The van der Waals surface area contributed by atoms with Crippen LogP contribution in [0.1, 0.15) is 40.2 Å². The smallest absolute Gasteiger partial charge is 0.244 e. The number of hydrogen-bond donors (Lipinski definition) is 1. The van der Waals surface area contributed by atoms with Crippen LogP contribution < -0.4 is 0 Å². The molecule has 4 nitrogen and oxygen atoms in total. The Labute approximate surface area is 122 Å². The van der Waals surface area contributed by atoms with Crippen molar-refractivity contribution in [1.29, 1.82) is 0 Å². The van der Waals surface area contributed by atoms with E-state index in [1.807, 2.05) is 27.7 Å². The largest absolute Gasteiger partial charge is 0.394 e. The Balaban J connectivity index is 3.44. The lowest BCUT2D eigenvalue weighted by Crippen LogP contribution is -2.58. The molecule has 0 fully saturated rings. The molecule has 0 saturated carbocycles. The molecule has 0 spiro atoms. The van der Waals surface area contributed by atoms with Crippen molar-refractivity contribution < 1.29 is 13.5 Å². The third kappa shape index (κ3) is 3.40. The molecule has 0 aromatic heterocycles. The number of aliphatic hydroxyl groups is 1. The molecule has 0 aliphatic rings. The molecule has 0 saturated heterocycles. The van der Waals surface area contributed by atoms with Crippen LogP contribution in [-0.4, -0.2) is 35.5 Å². The first-order valence-corrected chi connectivity index (χ1v) is 8.10. The van der Waals surface area contributed by atoms with Crippen molar-refractivity contribution in [2.75, 3.05) is 6.61 Å². The van der Waals surface area contributed by atoms with E-state index in [2.05, 4.69) is 0 Å². The van der Waals surface area contributed by atoms with Gasteiger partial charge >= 0.3 is 0 Å². The molecule has 0 amide bonds. The van der Waals surface area contributed by atoms with E-state index in [9.17, 15) is 13.5 Å². The summed E-state index contributed by atoms with van der Waals surface area (Å²) in [5.41, 5.74) is -0.495. The summed E-state index contributed by atoms with van der Waals surface area (Å²) >= 11 is 0. The Morgan fingerprint density at radius 3 is 1.85 bits per heavy atom. The number of aliphatic hydroxyl groups excluding tert-OH is 1. The van der Waals surface area contributed by atoms with Gasteiger partial charge in [0.05, 0.1) is 17.0 Å². The molecule has 0 radical (unpaired) electrons. The maximum atomic E-state index is 12.9. The average Bonchev–Trinajstić information content (AvgIpc) is 2.26. The van der Waals surface area contributed by atoms with E-state index in [0.717, 1.165) is 5.56 Å². The lowest BCUT2D eigenvalue weighted by Gasteiger charge is -2.44. The summed E-state index contributed by atoms with van der Waals surface area (Å²) < 4.78 is 27.2. The zero-order chi connectivity index (χ0) is 15.8. The fourth-order valence-electron chi connectivity index (χ4n) is 2.47. The van der Waals surface area contributed by atoms with Gasteiger partial charge in [0.15, 0.2) is 0 Å². The average molecular weight is 299 g/mol. The monoisotopic (exact) mass is 299 g/mol. The van der Waals surface area contributed by atoms with E-state index in [4.69, 9.17) is 0 Å². The molecular formula is C15H25NO3S. The third-order valence-corrected chi connectivity index (χ3v) is 5.50. The van der Waals surface area contributed by atoms with Crippen LogP contribution in [0, 0.1) is 6.92 Å². The Bertz CT molecular complexity index is 554. The summed E-state index contributed by atoms with van der Waals surface area (Å²) in [6.45, 7) is 10.6. The Kier molecular flexibility index (Phi) is 4.69. The zero-order valence-electron chi connectivity index (χ0n) is 13.1. The number of aryl methyl sites for hydroxylation is 1. The molecule has 5 heteroatoms. The number of hydrogen-bond acceptors (Lipinski definition) is 3. The van der Waals surface area contributed by atoms with Gasteiger partial charge in [0.1, 0.15) is 0 Å². The van der Waals surface area contributed by atoms with Crippen LogP contribution >= 0.6 is 0 Å². The first kappa shape index (κ1) is 17.1. The standard InChI is InChI=1S/C15H25NO3S/c1-12-7-9-13(10-8-12)20(18,19)16(14(2,3)4)15(5,6)11-17/h7-10,17H,11H2,1-6H3. The molecule has 0 unspecified atom stereocenters. The number of sulfonamides is 1. The van der Waals surface area contributed by atoms with Crippen LogP contribution in [0.2, 0.25) is 0 Å². The van der Waals surface area contributed by atoms with Crippen LogP contribution in [0.15, 0.2) is 29.2 Å². The fraction of sp³-hybridized carbons (Fsp3) is 0.600. The van der Waals surface area contributed by atoms with Crippen molar-refractivity contribution in [3.05, 3.63) is 29.8 Å². The molecule has 1 rings (SSSR count). The number of benzene rings is 1. The molecule has 1 aromatic rings. The molecule has 1 N–H and O–H groups in total. The van der Waals surface area contributed by atoms with Crippen molar-refractivity contribution in [2.24, 2.45) is 0 Å². The highest BCUT2D eigenvalue weighted by Crippen LogP contribution is 2.32. The summed E-state index contributed by atoms with van der Waals surface area (Å²) in [7, 11) is -3.67. The second-order valence-electron chi connectivity index (χ2n) is 6.72. The SMILES string of the molecule is Cc1ccc(S(=O)(=O)N(C(C)(C)C)C(C)(C)CO)cc1. The molecule has 0 heterocycles. The van der Waals surface area contributed by atoms with Crippen LogP contribution in [-0.2, 0) is 10.0 Å². The van der Waals surface area contributed by atoms with E-state index in [1.54, 1.807) is 38.1 Å². The summed E-state index contributed by atoms with van der Waals surface area (Å²) in [6, 6.07) is 6.77. The number of nitrogens with zero attached hydrogens (tertiary/aromatic N) is 1. The van der Waals surface area contributed by atoms with Crippen molar-refractivity contribution in [3.63, 3.8) is 0 Å². The van der Waals surface area contributed by atoms with Crippen LogP contribution in [0.25, 0.3) is 0 Å². The van der Waals surface area contributed by atoms with Crippen LogP contribution in [0.3, 0.4) is 0 Å². The first-order chi connectivity index (χ1) is 8.93. The summed E-state index contributed by atoms with van der Waals surface area (Å²) in [5.74, 6) is 0. The fourth-order valence-corrected chi connectivity index (χ4v) is 4.59. The molecule has 114 valence electrons. The van der Waals surface area contributed by atoms with Gasteiger partial charge in [0.2, 0.25) is 10.0 Å². The maximum absolute atomic E-state index is 12.9. The lowest BCUT2D eigenvalue weighted by molar-refractivity contribution is 0.0657. The molecule has 0 aliphatic heterocycles. The van der Waals surface area contributed by atoms with Crippen molar-refractivity contribution in [1.82, 2.24) is 4.31 Å². The normalized spacial score (nSPS) is 13.8. The number of rotatable bonds is 4. The predicted octanol–water partition coefficient (Wildman–Crippen LogP) is 2.56. The van der Waals surface area contributed by atoms with Gasteiger partial charge in [-0.25, -0.2) is 8.42 Å². The van der Waals surface area contributed by atoms with Crippen molar-refractivity contribution in [3.8, 4) is 0 Å². The quantitative estimate of drug-likeness (QED) is 0.929. The first-order valence-electron chi connectivity index (χ1n) is 6.66. The van der Waals surface area contributed by atoms with E-state index >= 15 is 0 Å². The van der Waals surface area contributed by atoms with Gasteiger partial charge < -0.3 is 5.11 Å². The summed E-state index contributed by atoms with van der Waals surface area (Å²) in [5, 5.41) is 9.58. The zero-order valence-corrected chi connectivity index (χ0v) is 14.0. The van der Waals surface area contributed by atoms with Crippen LogP contribution in [0.4, 0.5) is 0 Å². The molecular weight excluding hydrogens is 274 g/mol. The predicted molar refractivity (Wildman–Crippen MR) is 81.1 cm³/mol. The van der Waals surface area contributed by atoms with Gasteiger partial charge in [-0.2, -0.15) is 4.31 Å². The second kappa shape index (κ2) is 5.47. The van der Waals surface area contributed by atoms with E-state index in [1.165, 1.54) is 4.31 Å². The lowest BCUT2D eigenvalue weighted by atomic mass is 10.00.